The Bertz CT molecular complexity index is 702. The third-order valence-electron chi connectivity index (χ3n) is 7.05. The van der Waals surface area contributed by atoms with E-state index in [1.54, 1.807) is 0 Å². The number of nitrogens with one attached hydrogen (secondary N) is 4. The van der Waals surface area contributed by atoms with E-state index in [0.717, 1.165) is 49.5 Å². The minimum atomic E-state index is -0.0152. The fourth-order valence-electron chi connectivity index (χ4n) is 4.93. The van der Waals surface area contributed by atoms with Gasteiger partial charge in [0.05, 0.1) is 0 Å². The lowest BCUT2D eigenvalue weighted by Crippen LogP contribution is -3.30. The average Bonchev–Trinajstić information content (AvgIpc) is 2.75. The van der Waals surface area contributed by atoms with Crippen molar-refractivity contribution in [3.05, 3.63) is 29.3 Å². The van der Waals surface area contributed by atoms with Crippen molar-refractivity contribution >= 4 is 17.5 Å². The van der Waals surface area contributed by atoms with Crippen molar-refractivity contribution in [2.45, 2.75) is 58.9 Å². The van der Waals surface area contributed by atoms with Gasteiger partial charge < -0.3 is 20.4 Å². The highest BCUT2D eigenvalue weighted by molar-refractivity contribution is 5.93. The van der Waals surface area contributed by atoms with Crippen molar-refractivity contribution in [1.29, 1.82) is 0 Å². The van der Waals surface area contributed by atoms with Crippen molar-refractivity contribution in [2.24, 2.45) is 5.92 Å². The number of anilines is 1. The van der Waals surface area contributed by atoms with E-state index >= 15 is 0 Å². The summed E-state index contributed by atoms with van der Waals surface area (Å²) in [6.45, 7) is 11.1. The molecule has 0 bridgehead atoms. The second-order valence-corrected chi connectivity index (χ2v) is 9.37. The zero-order valence-corrected chi connectivity index (χ0v) is 19.0. The van der Waals surface area contributed by atoms with Gasteiger partial charge in [-0.25, -0.2) is 0 Å². The highest BCUT2D eigenvalue weighted by Gasteiger charge is 2.32. The van der Waals surface area contributed by atoms with Gasteiger partial charge in [-0.3, -0.25) is 9.59 Å². The Kier molecular flexibility index (Phi) is 8.28. The summed E-state index contributed by atoms with van der Waals surface area (Å²) in [4.78, 5) is 27.8. The van der Waals surface area contributed by atoms with Gasteiger partial charge in [-0.05, 0) is 50.7 Å². The first-order chi connectivity index (χ1) is 14.4. The lowest BCUT2D eigenvalue weighted by Gasteiger charge is -2.32. The Labute approximate surface area is 181 Å². The maximum absolute atomic E-state index is 12.6. The molecule has 6 heteroatoms. The van der Waals surface area contributed by atoms with Crippen LogP contribution in [0.3, 0.4) is 0 Å². The second-order valence-electron chi connectivity index (χ2n) is 9.37. The third-order valence-corrected chi connectivity index (χ3v) is 7.05. The number of rotatable bonds is 7. The van der Waals surface area contributed by atoms with E-state index in [2.05, 4.69) is 10.6 Å². The molecule has 2 fully saturated rings. The van der Waals surface area contributed by atoms with Crippen LogP contribution in [0.15, 0.2) is 18.2 Å². The standard InChI is InChI=1S/C24H38N4O2/c1-18-8-7-9-19(2)23(18)26-22(29)17-27-12-14-28(15-13-27)20(3)24(30)25-16-21-10-5-4-6-11-21/h7-9,20-21H,4-6,10-17H2,1-3H3,(H,25,30)(H,26,29)/p+2/t20-/m0/s1. The highest BCUT2D eigenvalue weighted by atomic mass is 16.2. The molecule has 0 aromatic heterocycles. The van der Waals surface area contributed by atoms with Crippen LogP contribution in [-0.2, 0) is 9.59 Å². The Morgan fingerprint density at radius 1 is 1.03 bits per heavy atom. The van der Waals surface area contributed by atoms with Gasteiger partial charge in [0.1, 0.15) is 26.2 Å². The van der Waals surface area contributed by atoms with Crippen LogP contribution >= 0.6 is 0 Å². The van der Waals surface area contributed by atoms with Gasteiger partial charge in [0, 0.05) is 12.2 Å². The maximum Gasteiger partial charge on any atom is 0.279 e. The first-order valence-electron chi connectivity index (χ1n) is 11.8. The number of carbonyl (C=O) groups is 2. The average molecular weight is 417 g/mol. The summed E-state index contributed by atoms with van der Waals surface area (Å²) in [6.07, 6.45) is 6.48. The molecule has 1 saturated heterocycles. The Hall–Kier alpha value is -1.92. The Morgan fingerprint density at radius 3 is 2.30 bits per heavy atom. The molecule has 1 aliphatic heterocycles. The summed E-state index contributed by atoms with van der Waals surface area (Å²) < 4.78 is 0. The quantitative estimate of drug-likeness (QED) is 0.510. The van der Waals surface area contributed by atoms with Gasteiger partial charge in [-0.2, -0.15) is 0 Å². The number of hydrogen-bond acceptors (Lipinski definition) is 2. The third kappa shape index (κ3) is 6.29. The lowest BCUT2D eigenvalue weighted by atomic mass is 9.89. The predicted molar refractivity (Wildman–Crippen MR) is 120 cm³/mol. The van der Waals surface area contributed by atoms with Gasteiger partial charge in [-0.15, -0.1) is 0 Å². The molecular formula is C24H40N4O2+2. The molecule has 1 aromatic carbocycles. The molecule has 166 valence electrons. The van der Waals surface area contributed by atoms with E-state index in [-0.39, 0.29) is 17.9 Å². The number of carbonyl (C=O) groups excluding carboxylic acids is 2. The second kappa shape index (κ2) is 10.9. The van der Waals surface area contributed by atoms with E-state index in [1.807, 2.05) is 39.0 Å². The smallest absolute Gasteiger partial charge is 0.279 e. The van der Waals surface area contributed by atoms with Crippen molar-refractivity contribution in [1.82, 2.24) is 5.32 Å². The van der Waals surface area contributed by atoms with Gasteiger partial charge in [0.25, 0.3) is 11.8 Å². The van der Waals surface area contributed by atoms with E-state index < -0.39 is 0 Å². The highest BCUT2D eigenvalue weighted by Crippen LogP contribution is 2.22. The normalized spacial score (nSPS) is 23.6. The lowest BCUT2D eigenvalue weighted by molar-refractivity contribution is -1.01. The molecule has 0 spiro atoms. The zero-order valence-electron chi connectivity index (χ0n) is 19.0. The fraction of sp³-hybridized carbons (Fsp3) is 0.667. The summed E-state index contributed by atoms with van der Waals surface area (Å²) in [5, 5.41) is 6.30. The van der Waals surface area contributed by atoms with Crippen LogP contribution in [0.1, 0.15) is 50.2 Å². The number of hydrogen-bond donors (Lipinski definition) is 4. The molecule has 0 unspecified atom stereocenters. The maximum atomic E-state index is 12.6. The summed E-state index contributed by atoms with van der Waals surface area (Å²) in [6, 6.07) is 6.05. The van der Waals surface area contributed by atoms with Crippen molar-refractivity contribution in [2.75, 3.05) is 44.6 Å². The number of aryl methyl sites for hydroxylation is 2. The first kappa shape index (κ1) is 22.8. The molecule has 1 aliphatic carbocycles. The van der Waals surface area contributed by atoms with Crippen LogP contribution in [0, 0.1) is 19.8 Å². The number of amides is 2. The van der Waals surface area contributed by atoms with Gasteiger partial charge in [0.15, 0.2) is 12.6 Å². The Morgan fingerprint density at radius 2 is 1.67 bits per heavy atom. The van der Waals surface area contributed by atoms with E-state index in [4.69, 9.17) is 0 Å². The van der Waals surface area contributed by atoms with E-state index in [1.165, 1.54) is 41.9 Å². The molecular weight excluding hydrogens is 376 g/mol. The SMILES string of the molecule is Cc1cccc(C)c1NC(=O)C[NH+]1CC[NH+]([C@@H](C)C(=O)NCC2CCCCC2)CC1. The zero-order chi connectivity index (χ0) is 21.5. The van der Waals surface area contributed by atoms with E-state index in [9.17, 15) is 9.59 Å². The predicted octanol–water partition coefficient (Wildman–Crippen LogP) is 0.110. The molecule has 1 heterocycles. The van der Waals surface area contributed by atoms with Crippen LogP contribution in [0.2, 0.25) is 0 Å². The van der Waals surface area contributed by atoms with Crippen molar-refractivity contribution in [3.63, 3.8) is 0 Å². The molecule has 1 atom stereocenters. The van der Waals surface area contributed by atoms with Crippen molar-refractivity contribution < 1.29 is 19.4 Å². The number of benzene rings is 1. The number of para-hydroxylation sites is 1. The molecule has 1 saturated carbocycles. The number of piperazine rings is 1. The molecule has 6 nitrogen and oxygen atoms in total. The minimum absolute atomic E-state index is 0.0152. The monoisotopic (exact) mass is 416 g/mol. The van der Waals surface area contributed by atoms with Gasteiger partial charge in [0.2, 0.25) is 0 Å². The summed E-state index contributed by atoms with van der Waals surface area (Å²) in [7, 11) is 0. The summed E-state index contributed by atoms with van der Waals surface area (Å²) in [5.41, 5.74) is 3.13. The van der Waals surface area contributed by atoms with Crippen LogP contribution in [0.25, 0.3) is 0 Å². The minimum Gasteiger partial charge on any atom is -0.351 e. The summed E-state index contributed by atoms with van der Waals surface area (Å²) in [5.74, 6) is 0.928. The molecule has 3 rings (SSSR count). The van der Waals surface area contributed by atoms with Crippen LogP contribution in [0.5, 0.6) is 0 Å². The van der Waals surface area contributed by atoms with E-state index in [0.29, 0.717) is 12.5 Å². The van der Waals surface area contributed by atoms with Gasteiger partial charge >= 0.3 is 0 Å². The van der Waals surface area contributed by atoms with Crippen LogP contribution in [0.4, 0.5) is 5.69 Å². The largest absolute Gasteiger partial charge is 0.351 e. The molecule has 1 aromatic rings. The van der Waals surface area contributed by atoms with Crippen LogP contribution in [-0.4, -0.2) is 57.1 Å². The molecule has 2 amide bonds. The molecule has 4 N–H and O–H groups in total. The van der Waals surface area contributed by atoms with Gasteiger partial charge in [-0.1, -0.05) is 37.5 Å². The molecule has 0 radical (unpaired) electrons. The molecule has 2 aliphatic rings. The fourth-order valence-corrected chi connectivity index (χ4v) is 4.93. The van der Waals surface area contributed by atoms with Crippen molar-refractivity contribution in [3.8, 4) is 0 Å². The molecule has 30 heavy (non-hydrogen) atoms. The summed E-state index contributed by atoms with van der Waals surface area (Å²) >= 11 is 0. The topological polar surface area (TPSA) is 67.1 Å². The Balaban J connectivity index is 1.39. The first-order valence-corrected chi connectivity index (χ1v) is 11.8. The van der Waals surface area contributed by atoms with Crippen LogP contribution < -0.4 is 20.4 Å². The number of quaternary nitrogens is 2.